The van der Waals surface area contributed by atoms with Crippen LogP contribution in [0.4, 0.5) is 0 Å². The summed E-state index contributed by atoms with van der Waals surface area (Å²) in [5.41, 5.74) is 0. The van der Waals surface area contributed by atoms with Crippen LogP contribution in [0.25, 0.3) is 0 Å². The van der Waals surface area contributed by atoms with E-state index >= 15 is 0 Å². The molecule has 0 atom stereocenters. The second kappa shape index (κ2) is 18.7. The monoisotopic (exact) mass is 251 g/mol. The summed E-state index contributed by atoms with van der Waals surface area (Å²) in [5.74, 6) is 0. The van der Waals surface area contributed by atoms with Crippen molar-refractivity contribution in [1.29, 1.82) is 0 Å². The highest BCUT2D eigenvalue weighted by Crippen LogP contribution is 1.68. The molecule has 0 bridgehead atoms. The van der Waals surface area contributed by atoms with Crippen molar-refractivity contribution in [3.63, 3.8) is 0 Å². The molecule has 0 aliphatic heterocycles. The topological polar surface area (TPSA) is 0 Å². The third kappa shape index (κ3) is 1570. The Balaban J connectivity index is -0.0000000450. The lowest BCUT2D eigenvalue weighted by Gasteiger charge is -1.75. The van der Waals surface area contributed by atoms with E-state index in [0.717, 1.165) is 0 Å². The molecule has 13 heavy (non-hydrogen) atoms. The van der Waals surface area contributed by atoms with Crippen LogP contribution in [0.3, 0.4) is 0 Å². The van der Waals surface area contributed by atoms with E-state index in [1.54, 1.807) is 0 Å². The normalized spacial score (nSPS) is 8.31. The fraction of sp³-hybridized carbons (Fsp3) is 1.00. The van der Waals surface area contributed by atoms with E-state index in [0.29, 0.717) is 0 Å². The lowest BCUT2D eigenvalue weighted by Crippen LogP contribution is -1.84. The zero-order chi connectivity index (χ0) is 10.7. The second-order valence-electron chi connectivity index (χ2n) is 4.50. The van der Waals surface area contributed by atoms with Gasteiger partial charge in [-0.2, -0.15) is 0 Å². The summed E-state index contributed by atoms with van der Waals surface area (Å²) in [6.45, 7) is 20.4. The SMILES string of the molecule is C[Si](C)C.C[Si](C)C.C[Si](C)C.[S]. The highest BCUT2D eigenvalue weighted by Gasteiger charge is 1.72. The molecule has 0 aromatic rings. The van der Waals surface area contributed by atoms with Gasteiger partial charge in [0.2, 0.25) is 0 Å². The molecule has 0 N–H and O–H groups in total. The van der Waals surface area contributed by atoms with Gasteiger partial charge in [0.1, 0.15) is 0 Å². The van der Waals surface area contributed by atoms with Gasteiger partial charge in [0.05, 0.1) is 0 Å². The molecule has 4 heteroatoms. The number of hydrogen-bond acceptors (Lipinski definition) is 0. The van der Waals surface area contributed by atoms with Gasteiger partial charge in [-0.3, -0.25) is 0 Å². The van der Waals surface area contributed by atoms with Gasteiger partial charge < -0.3 is 0 Å². The zero-order valence-corrected chi connectivity index (χ0v) is 14.7. The minimum Gasteiger partial charge on any atom is -0.0715 e. The van der Waals surface area contributed by atoms with Crippen molar-refractivity contribution < 1.29 is 0 Å². The number of rotatable bonds is 0. The molecule has 0 nitrogen and oxygen atoms in total. The molecule has 0 heterocycles. The summed E-state index contributed by atoms with van der Waals surface area (Å²) in [5, 5.41) is 0. The highest BCUT2D eigenvalue weighted by molar-refractivity contribution is 7.59. The maximum atomic E-state index is 2.27. The lowest BCUT2D eigenvalue weighted by atomic mass is 11.8. The molecule has 5 radical (unpaired) electrons. The summed E-state index contributed by atoms with van der Waals surface area (Å²) in [7, 11) is 0.361. The van der Waals surface area contributed by atoms with Crippen molar-refractivity contribution in [2.24, 2.45) is 0 Å². The van der Waals surface area contributed by atoms with E-state index in [2.05, 4.69) is 58.9 Å². The molecule has 0 aliphatic carbocycles. The van der Waals surface area contributed by atoms with Crippen molar-refractivity contribution >= 4 is 39.9 Å². The maximum Gasteiger partial charge on any atom is 0.0379 e. The van der Waals surface area contributed by atoms with Gasteiger partial charge in [-0.25, -0.2) is 0 Å². The Hall–Kier alpha value is 1.00. The molecular formula is C9H27SSi3. The first-order valence-corrected chi connectivity index (χ1v) is 13.5. The quantitative estimate of drug-likeness (QED) is 0.545. The van der Waals surface area contributed by atoms with Gasteiger partial charge in [-0.15, -0.1) is 0 Å². The summed E-state index contributed by atoms with van der Waals surface area (Å²) >= 11 is 0. The first kappa shape index (κ1) is 23.7. The third-order valence-corrected chi connectivity index (χ3v) is 0. The molecule has 0 aromatic carbocycles. The Morgan fingerprint density at radius 2 is 0.385 bits per heavy atom. The Morgan fingerprint density at radius 3 is 0.385 bits per heavy atom. The van der Waals surface area contributed by atoms with Crippen LogP contribution in [0.1, 0.15) is 0 Å². The Morgan fingerprint density at radius 1 is 0.385 bits per heavy atom. The van der Waals surface area contributed by atoms with Crippen molar-refractivity contribution in [2.45, 2.75) is 58.9 Å². The Kier molecular flexibility index (Phi) is 34.1. The van der Waals surface area contributed by atoms with E-state index in [-0.39, 0.29) is 39.9 Å². The molecule has 0 amide bonds. The fourth-order valence-electron chi connectivity index (χ4n) is 0. The van der Waals surface area contributed by atoms with Crippen LogP contribution >= 0.6 is 13.5 Å². The van der Waals surface area contributed by atoms with Crippen LogP contribution in [-0.2, 0) is 0 Å². The fourth-order valence-corrected chi connectivity index (χ4v) is 0. The van der Waals surface area contributed by atoms with E-state index < -0.39 is 0 Å². The molecule has 0 aliphatic rings. The molecule has 0 fully saturated rings. The van der Waals surface area contributed by atoms with E-state index in [4.69, 9.17) is 0 Å². The van der Waals surface area contributed by atoms with Gasteiger partial charge in [0.25, 0.3) is 0 Å². The number of hydrogen-bond donors (Lipinski definition) is 0. The van der Waals surface area contributed by atoms with E-state index in [1.807, 2.05) is 0 Å². The van der Waals surface area contributed by atoms with Crippen LogP contribution < -0.4 is 0 Å². The molecule has 81 valence electrons. The Bertz CT molecular complexity index is 43.4. The van der Waals surface area contributed by atoms with Crippen molar-refractivity contribution in [3.05, 3.63) is 0 Å². The minimum absolute atomic E-state index is 0. The summed E-state index contributed by atoms with van der Waals surface area (Å²) < 4.78 is 0. The molecule has 0 aromatic heterocycles. The van der Waals surface area contributed by atoms with Gasteiger partial charge in [0, 0.05) is 39.9 Å². The lowest BCUT2D eigenvalue weighted by molar-refractivity contribution is 1.91. The van der Waals surface area contributed by atoms with Crippen molar-refractivity contribution in [1.82, 2.24) is 0 Å². The summed E-state index contributed by atoms with van der Waals surface area (Å²) in [4.78, 5) is 0. The van der Waals surface area contributed by atoms with Crippen molar-refractivity contribution in [2.75, 3.05) is 0 Å². The summed E-state index contributed by atoms with van der Waals surface area (Å²) in [6, 6.07) is 0. The zero-order valence-electron chi connectivity index (χ0n) is 10.9. The van der Waals surface area contributed by atoms with E-state index in [9.17, 15) is 0 Å². The van der Waals surface area contributed by atoms with Gasteiger partial charge in [0.15, 0.2) is 0 Å². The van der Waals surface area contributed by atoms with Crippen molar-refractivity contribution in [3.8, 4) is 0 Å². The van der Waals surface area contributed by atoms with Crippen LogP contribution in [0, 0.1) is 0 Å². The van der Waals surface area contributed by atoms with Crippen LogP contribution in [0.5, 0.6) is 0 Å². The average molecular weight is 252 g/mol. The smallest absolute Gasteiger partial charge is 0.0379 e. The van der Waals surface area contributed by atoms with E-state index in [1.165, 1.54) is 0 Å². The van der Waals surface area contributed by atoms with Gasteiger partial charge in [-0.1, -0.05) is 58.9 Å². The first-order chi connectivity index (χ1) is 5.20. The highest BCUT2D eigenvalue weighted by atomic mass is 32.1. The predicted molar refractivity (Wildman–Crippen MR) is 77.6 cm³/mol. The molecule has 0 saturated heterocycles. The molecule has 0 spiro atoms. The Labute approximate surface area is 98.8 Å². The first-order valence-electron chi connectivity index (χ1n) is 4.50. The minimum atomic E-state index is 0. The van der Waals surface area contributed by atoms with Gasteiger partial charge >= 0.3 is 0 Å². The summed E-state index contributed by atoms with van der Waals surface area (Å²) in [6.07, 6.45) is 0. The van der Waals surface area contributed by atoms with Crippen LogP contribution in [0.15, 0.2) is 0 Å². The largest absolute Gasteiger partial charge is 0.0715 e. The molecule has 0 saturated carbocycles. The third-order valence-electron chi connectivity index (χ3n) is 0. The molecular weight excluding hydrogens is 224 g/mol. The predicted octanol–water partition coefficient (Wildman–Crippen LogP) is 4.76. The van der Waals surface area contributed by atoms with Gasteiger partial charge in [-0.05, 0) is 0 Å². The molecule has 0 unspecified atom stereocenters. The van der Waals surface area contributed by atoms with Crippen LogP contribution in [0.2, 0.25) is 58.9 Å². The average Bonchev–Trinajstić information content (AvgIpc) is 1.54. The standard InChI is InChI=1S/3C3H9Si.S/c3*1-4(2)3;/h3*1-3H3;. The van der Waals surface area contributed by atoms with Crippen LogP contribution in [-0.4, -0.2) is 26.4 Å². The molecule has 0 rings (SSSR count). The maximum absolute atomic E-state index is 2.27. The second-order valence-corrected chi connectivity index (χ2v) is 13.5.